The minimum atomic E-state index is -3.92. The number of carbonyl (C=O) groups excluding carboxylic acids is 1. The Balaban J connectivity index is 1.87. The van der Waals surface area contributed by atoms with Crippen LogP contribution in [0.25, 0.3) is 0 Å². The van der Waals surface area contributed by atoms with Gasteiger partial charge in [0.05, 0.1) is 10.6 Å². The van der Waals surface area contributed by atoms with E-state index < -0.39 is 15.9 Å². The molecule has 0 fully saturated rings. The van der Waals surface area contributed by atoms with Crippen molar-refractivity contribution >= 4 is 33.2 Å². The Morgan fingerprint density at radius 2 is 1.53 bits per heavy atom. The van der Waals surface area contributed by atoms with Gasteiger partial charge in [0.1, 0.15) is 6.54 Å². The third kappa shape index (κ3) is 5.40. The van der Waals surface area contributed by atoms with Gasteiger partial charge in [-0.2, -0.15) is 0 Å². The van der Waals surface area contributed by atoms with Crippen LogP contribution < -0.4 is 9.62 Å². The second-order valence-corrected chi connectivity index (χ2v) is 9.37. The van der Waals surface area contributed by atoms with Crippen molar-refractivity contribution in [2.45, 2.75) is 25.3 Å². The highest BCUT2D eigenvalue weighted by atomic mass is 35.5. The Labute approximate surface area is 182 Å². The van der Waals surface area contributed by atoms with E-state index in [1.165, 1.54) is 12.1 Å². The van der Waals surface area contributed by atoms with E-state index in [1.807, 2.05) is 32.0 Å². The predicted molar refractivity (Wildman–Crippen MR) is 120 cm³/mol. The van der Waals surface area contributed by atoms with Crippen molar-refractivity contribution in [1.82, 2.24) is 5.32 Å². The maximum Gasteiger partial charge on any atom is 0.264 e. The highest BCUT2D eigenvalue weighted by Crippen LogP contribution is 2.25. The van der Waals surface area contributed by atoms with Crippen LogP contribution in [0.4, 0.5) is 5.69 Å². The SMILES string of the molecule is Cc1cc(C)cc(N(CC(=O)NCc2ccc(Cl)cc2)S(=O)(=O)c2ccccc2)c1. The van der Waals surface area contributed by atoms with Crippen molar-refractivity contribution in [3.05, 3.63) is 94.5 Å². The Hall–Kier alpha value is -2.83. The van der Waals surface area contributed by atoms with E-state index in [0.29, 0.717) is 10.7 Å². The van der Waals surface area contributed by atoms with Crippen LogP contribution in [-0.2, 0) is 21.4 Å². The van der Waals surface area contributed by atoms with Crippen molar-refractivity contribution in [2.75, 3.05) is 10.8 Å². The molecule has 0 aliphatic carbocycles. The van der Waals surface area contributed by atoms with Crippen LogP contribution >= 0.6 is 11.6 Å². The average molecular weight is 443 g/mol. The molecule has 0 radical (unpaired) electrons. The maximum atomic E-state index is 13.3. The van der Waals surface area contributed by atoms with Gasteiger partial charge >= 0.3 is 0 Å². The van der Waals surface area contributed by atoms with Crippen LogP contribution in [0.15, 0.2) is 77.7 Å². The van der Waals surface area contributed by atoms with Crippen molar-refractivity contribution < 1.29 is 13.2 Å². The summed E-state index contributed by atoms with van der Waals surface area (Å²) < 4.78 is 27.8. The van der Waals surface area contributed by atoms with E-state index in [0.717, 1.165) is 21.0 Å². The van der Waals surface area contributed by atoms with Crippen LogP contribution in [0.2, 0.25) is 5.02 Å². The molecule has 1 N–H and O–H groups in total. The summed E-state index contributed by atoms with van der Waals surface area (Å²) in [5.74, 6) is -0.399. The normalized spacial score (nSPS) is 11.2. The van der Waals surface area contributed by atoms with Crippen molar-refractivity contribution in [3.63, 3.8) is 0 Å². The molecule has 0 aromatic heterocycles. The first-order valence-electron chi connectivity index (χ1n) is 9.43. The maximum absolute atomic E-state index is 13.3. The Morgan fingerprint density at radius 1 is 0.933 bits per heavy atom. The first-order valence-corrected chi connectivity index (χ1v) is 11.2. The lowest BCUT2D eigenvalue weighted by Gasteiger charge is -2.25. The van der Waals surface area contributed by atoms with Gasteiger partial charge in [0.15, 0.2) is 0 Å². The molecule has 30 heavy (non-hydrogen) atoms. The number of halogens is 1. The van der Waals surface area contributed by atoms with Crippen LogP contribution in [0.3, 0.4) is 0 Å². The molecule has 0 saturated heterocycles. The summed E-state index contributed by atoms with van der Waals surface area (Å²) in [6.45, 7) is 3.74. The molecule has 3 aromatic carbocycles. The smallest absolute Gasteiger partial charge is 0.264 e. The second kappa shape index (κ2) is 9.32. The first kappa shape index (κ1) is 21.9. The molecule has 0 heterocycles. The topological polar surface area (TPSA) is 66.5 Å². The summed E-state index contributed by atoms with van der Waals surface area (Å²) in [6, 6.07) is 20.7. The number of amides is 1. The van der Waals surface area contributed by atoms with Crippen molar-refractivity contribution in [3.8, 4) is 0 Å². The van der Waals surface area contributed by atoms with Crippen molar-refractivity contribution in [2.24, 2.45) is 0 Å². The lowest BCUT2D eigenvalue weighted by molar-refractivity contribution is -0.119. The molecule has 0 spiro atoms. The summed E-state index contributed by atoms with van der Waals surface area (Å²) in [6.07, 6.45) is 0. The van der Waals surface area contributed by atoms with E-state index >= 15 is 0 Å². The van der Waals surface area contributed by atoms with E-state index in [4.69, 9.17) is 11.6 Å². The van der Waals surface area contributed by atoms with E-state index in [-0.39, 0.29) is 18.0 Å². The number of anilines is 1. The summed E-state index contributed by atoms with van der Waals surface area (Å²) in [4.78, 5) is 12.8. The molecule has 0 saturated carbocycles. The zero-order chi connectivity index (χ0) is 21.7. The molecule has 0 aliphatic heterocycles. The molecule has 3 aromatic rings. The fourth-order valence-electron chi connectivity index (χ4n) is 3.12. The molecule has 0 aliphatic rings. The molecule has 0 unspecified atom stereocenters. The van der Waals surface area contributed by atoms with E-state index in [2.05, 4.69) is 5.32 Å². The number of benzene rings is 3. The molecule has 0 bridgehead atoms. The lowest BCUT2D eigenvalue weighted by atomic mass is 10.1. The predicted octanol–water partition coefficient (Wildman–Crippen LogP) is 4.47. The summed E-state index contributed by atoms with van der Waals surface area (Å²) in [7, 11) is -3.92. The minimum Gasteiger partial charge on any atom is -0.350 e. The van der Waals surface area contributed by atoms with Crippen LogP contribution in [-0.4, -0.2) is 20.9 Å². The third-order valence-corrected chi connectivity index (χ3v) is 6.56. The molecule has 156 valence electrons. The monoisotopic (exact) mass is 442 g/mol. The molecule has 7 heteroatoms. The second-order valence-electron chi connectivity index (χ2n) is 7.07. The Bertz CT molecular complexity index is 1110. The number of rotatable bonds is 7. The number of aryl methyl sites for hydroxylation is 2. The first-order chi connectivity index (χ1) is 14.3. The average Bonchev–Trinajstić information content (AvgIpc) is 2.71. The number of hydrogen-bond acceptors (Lipinski definition) is 3. The standard InChI is InChI=1S/C23H23ClN2O3S/c1-17-12-18(2)14-21(13-17)26(30(28,29)22-6-4-3-5-7-22)16-23(27)25-15-19-8-10-20(24)11-9-19/h3-14H,15-16H2,1-2H3,(H,25,27). The van der Waals surface area contributed by atoms with E-state index in [1.54, 1.807) is 42.5 Å². The molecule has 3 rings (SSSR count). The zero-order valence-corrected chi connectivity index (χ0v) is 18.4. The summed E-state index contributed by atoms with van der Waals surface area (Å²) in [5.41, 5.74) is 3.16. The van der Waals surface area contributed by atoms with Gasteiger partial charge in [0, 0.05) is 11.6 Å². The highest BCUT2D eigenvalue weighted by Gasteiger charge is 2.27. The third-order valence-electron chi connectivity index (χ3n) is 4.52. The van der Waals surface area contributed by atoms with Gasteiger partial charge in [0.25, 0.3) is 10.0 Å². The van der Waals surface area contributed by atoms with Crippen LogP contribution in [0, 0.1) is 13.8 Å². The van der Waals surface area contributed by atoms with Crippen LogP contribution in [0.5, 0.6) is 0 Å². The number of hydrogen-bond donors (Lipinski definition) is 1. The van der Waals surface area contributed by atoms with Gasteiger partial charge in [-0.1, -0.05) is 48.0 Å². The van der Waals surface area contributed by atoms with Crippen LogP contribution in [0.1, 0.15) is 16.7 Å². The molecule has 1 amide bonds. The molecular weight excluding hydrogens is 420 g/mol. The zero-order valence-electron chi connectivity index (χ0n) is 16.8. The minimum absolute atomic E-state index is 0.134. The summed E-state index contributed by atoms with van der Waals surface area (Å²) in [5, 5.41) is 3.39. The number of carbonyl (C=O) groups is 1. The van der Waals surface area contributed by atoms with Gasteiger partial charge < -0.3 is 5.32 Å². The molecule has 5 nitrogen and oxygen atoms in total. The molecular formula is C23H23ClN2O3S. The molecule has 0 atom stereocenters. The van der Waals surface area contributed by atoms with Gasteiger partial charge in [-0.3, -0.25) is 9.10 Å². The Kier molecular flexibility index (Phi) is 6.80. The Morgan fingerprint density at radius 3 is 2.13 bits per heavy atom. The summed E-state index contributed by atoms with van der Waals surface area (Å²) >= 11 is 5.88. The number of nitrogens with one attached hydrogen (secondary N) is 1. The van der Waals surface area contributed by atoms with Gasteiger partial charge in [0.2, 0.25) is 5.91 Å². The number of nitrogens with zero attached hydrogens (tertiary/aromatic N) is 1. The van der Waals surface area contributed by atoms with Gasteiger partial charge in [-0.15, -0.1) is 0 Å². The van der Waals surface area contributed by atoms with Crippen molar-refractivity contribution in [1.29, 1.82) is 0 Å². The van der Waals surface area contributed by atoms with Gasteiger partial charge in [-0.25, -0.2) is 8.42 Å². The largest absolute Gasteiger partial charge is 0.350 e. The number of sulfonamides is 1. The fourth-order valence-corrected chi connectivity index (χ4v) is 4.67. The quantitative estimate of drug-likeness (QED) is 0.587. The fraction of sp³-hybridized carbons (Fsp3) is 0.174. The van der Waals surface area contributed by atoms with E-state index in [9.17, 15) is 13.2 Å². The highest BCUT2D eigenvalue weighted by molar-refractivity contribution is 7.92. The lowest BCUT2D eigenvalue weighted by Crippen LogP contribution is -2.40. The van der Waals surface area contributed by atoms with Gasteiger partial charge in [-0.05, 0) is 66.9 Å².